The molecule has 0 aliphatic carbocycles. The number of nitrogens with zero attached hydrogens (tertiary/aromatic N) is 1. The molecule has 1 heterocycles. The molecule has 0 unspecified atom stereocenters. The average Bonchev–Trinajstić information content (AvgIpc) is 2.68. The molecule has 3 rings (SSSR count). The monoisotopic (exact) mass is 361 g/mol. The fraction of sp³-hybridized carbons (Fsp3) is 0.182. The highest BCUT2D eigenvalue weighted by atomic mass is 16.5. The Morgan fingerprint density at radius 2 is 1.89 bits per heavy atom. The van der Waals surface area contributed by atoms with E-state index in [4.69, 9.17) is 4.74 Å². The first-order valence-electron chi connectivity index (χ1n) is 8.77. The van der Waals surface area contributed by atoms with Gasteiger partial charge in [0.15, 0.2) is 0 Å². The number of pyridine rings is 1. The zero-order chi connectivity index (χ0) is 19.2. The second-order valence-corrected chi connectivity index (χ2v) is 6.37. The number of carbonyl (C=O) groups excluding carboxylic acids is 1. The summed E-state index contributed by atoms with van der Waals surface area (Å²) in [5.74, 6) is 0.515. The zero-order valence-corrected chi connectivity index (χ0v) is 15.7. The molecule has 1 amide bonds. The summed E-state index contributed by atoms with van der Waals surface area (Å²) < 4.78 is 5.31. The molecule has 0 aliphatic rings. The standard InChI is InChI=1S/C22H23N3O2/c1-15-8-9-19(16(2)12-15)25-18-10-11-23-20(13-18)22(26)24-14-17-6-4-5-7-21(17)27-3/h4-13H,14H2,1-3H3,(H,23,25)(H,24,26). The lowest BCUT2D eigenvalue weighted by Gasteiger charge is -2.12. The van der Waals surface area contributed by atoms with Crippen molar-refractivity contribution in [2.75, 3.05) is 12.4 Å². The molecule has 0 bridgehead atoms. The number of anilines is 2. The lowest BCUT2D eigenvalue weighted by molar-refractivity contribution is 0.0945. The summed E-state index contributed by atoms with van der Waals surface area (Å²) in [4.78, 5) is 16.7. The maximum atomic E-state index is 12.5. The second-order valence-electron chi connectivity index (χ2n) is 6.37. The number of para-hydroxylation sites is 1. The molecule has 0 fully saturated rings. The highest BCUT2D eigenvalue weighted by molar-refractivity contribution is 5.93. The van der Waals surface area contributed by atoms with E-state index >= 15 is 0 Å². The molecule has 27 heavy (non-hydrogen) atoms. The summed E-state index contributed by atoms with van der Waals surface area (Å²) in [5, 5.41) is 6.24. The Morgan fingerprint density at radius 1 is 1.07 bits per heavy atom. The normalized spacial score (nSPS) is 10.3. The summed E-state index contributed by atoms with van der Waals surface area (Å²) in [6.45, 7) is 4.49. The summed E-state index contributed by atoms with van der Waals surface area (Å²) in [6, 6.07) is 17.4. The molecule has 2 aromatic carbocycles. The van der Waals surface area contributed by atoms with Crippen molar-refractivity contribution >= 4 is 17.3 Å². The number of hydrogen-bond donors (Lipinski definition) is 2. The van der Waals surface area contributed by atoms with Crippen molar-refractivity contribution in [3.05, 3.63) is 83.2 Å². The van der Waals surface area contributed by atoms with Crippen molar-refractivity contribution in [2.24, 2.45) is 0 Å². The number of aryl methyl sites for hydroxylation is 2. The molecule has 3 aromatic rings. The van der Waals surface area contributed by atoms with Crippen molar-refractivity contribution in [2.45, 2.75) is 20.4 Å². The van der Waals surface area contributed by atoms with E-state index in [1.807, 2.05) is 36.4 Å². The molecule has 0 saturated carbocycles. The first-order chi connectivity index (χ1) is 13.1. The van der Waals surface area contributed by atoms with Crippen molar-refractivity contribution in [3.8, 4) is 5.75 Å². The van der Waals surface area contributed by atoms with Crippen molar-refractivity contribution in [1.82, 2.24) is 10.3 Å². The van der Waals surface area contributed by atoms with Gasteiger partial charge in [-0.05, 0) is 43.7 Å². The van der Waals surface area contributed by atoms with Gasteiger partial charge in [0.1, 0.15) is 11.4 Å². The van der Waals surface area contributed by atoms with Crippen LogP contribution in [0.5, 0.6) is 5.75 Å². The van der Waals surface area contributed by atoms with Gasteiger partial charge in [0.25, 0.3) is 5.91 Å². The maximum absolute atomic E-state index is 12.5. The fourth-order valence-electron chi connectivity index (χ4n) is 2.86. The van der Waals surface area contributed by atoms with E-state index in [1.54, 1.807) is 19.4 Å². The van der Waals surface area contributed by atoms with Gasteiger partial charge in [-0.15, -0.1) is 0 Å². The minimum Gasteiger partial charge on any atom is -0.496 e. The Balaban J connectivity index is 1.70. The van der Waals surface area contributed by atoms with Crippen molar-refractivity contribution in [3.63, 3.8) is 0 Å². The Labute approximate surface area is 159 Å². The third kappa shape index (κ3) is 4.64. The molecule has 0 atom stereocenters. The van der Waals surface area contributed by atoms with E-state index < -0.39 is 0 Å². The van der Waals surface area contributed by atoms with Gasteiger partial charge < -0.3 is 15.4 Å². The highest BCUT2D eigenvalue weighted by Gasteiger charge is 2.10. The quantitative estimate of drug-likeness (QED) is 0.684. The third-order valence-corrected chi connectivity index (χ3v) is 4.29. The van der Waals surface area contributed by atoms with Crippen LogP contribution in [0, 0.1) is 13.8 Å². The Hall–Kier alpha value is -3.34. The van der Waals surface area contributed by atoms with Crippen molar-refractivity contribution in [1.29, 1.82) is 0 Å². The average molecular weight is 361 g/mol. The van der Waals surface area contributed by atoms with Gasteiger partial charge in [0.05, 0.1) is 7.11 Å². The fourth-order valence-corrected chi connectivity index (χ4v) is 2.86. The molecule has 5 heteroatoms. The highest BCUT2D eigenvalue weighted by Crippen LogP contribution is 2.22. The first kappa shape index (κ1) is 18.5. The van der Waals surface area contributed by atoms with E-state index in [2.05, 4.69) is 41.6 Å². The van der Waals surface area contributed by atoms with E-state index in [0.717, 1.165) is 28.3 Å². The van der Waals surface area contributed by atoms with Crippen LogP contribution < -0.4 is 15.4 Å². The Bertz CT molecular complexity index is 954. The summed E-state index contributed by atoms with van der Waals surface area (Å²) in [7, 11) is 1.62. The first-order valence-corrected chi connectivity index (χ1v) is 8.77. The van der Waals surface area contributed by atoms with Gasteiger partial charge in [-0.1, -0.05) is 35.9 Å². The minimum absolute atomic E-state index is 0.231. The van der Waals surface area contributed by atoms with Crippen LogP contribution in [0.1, 0.15) is 27.2 Å². The zero-order valence-electron chi connectivity index (χ0n) is 15.7. The summed E-state index contributed by atoms with van der Waals surface area (Å²) in [5.41, 5.74) is 5.46. The third-order valence-electron chi connectivity index (χ3n) is 4.29. The van der Waals surface area contributed by atoms with Gasteiger partial charge in [-0.25, -0.2) is 0 Å². The number of aromatic nitrogens is 1. The predicted molar refractivity (Wildman–Crippen MR) is 108 cm³/mol. The number of hydrogen-bond acceptors (Lipinski definition) is 4. The van der Waals surface area contributed by atoms with Crippen LogP contribution in [0.15, 0.2) is 60.8 Å². The van der Waals surface area contributed by atoms with Crippen LogP contribution in [0.2, 0.25) is 0 Å². The largest absolute Gasteiger partial charge is 0.496 e. The summed E-state index contributed by atoms with van der Waals surface area (Å²) in [6.07, 6.45) is 1.63. The van der Waals surface area contributed by atoms with Crippen LogP contribution in [-0.4, -0.2) is 18.0 Å². The molecule has 0 radical (unpaired) electrons. The SMILES string of the molecule is COc1ccccc1CNC(=O)c1cc(Nc2ccc(C)cc2C)ccn1. The number of amides is 1. The smallest absolute Gasteiger partial charge is 0.270 e. The van der Waals surface area contributed by atoms with Gasteiger partial charge >= 0.3 is 0 Å². The number of nitrogens with one attached hydrogen (secondary N) is 2. The number of methoxy groups -OCH3 is 1. The number of rotatable bonds is 6. The second kappa shape index (κ2) is 8.36. The molecular weight excluding hydrogens is 338 g/mol. The molecule has 1 aromatic heterocycles. The van der Waals surface area contributed by atoms with E-state index in [9.17, 15) is 4.79 Å². The van der Waals surface area contributed by atoms with Crippen LogP contribution in [-0.2, 0) is 6.54 Å². The molecular formula is C22H23N3O2. The number of benzene rings is 2. The van der Waals surface area contributed by atoms with E-state index in [0.29, 0.717) is 12.2 Å². The van der Waals surface area contributed by atoms with Crippen LogP contribution in [0.4, 0.5) is 11.4 Å². The van der Waals surface area contributed by atoms with Crippen LogP contribution >= 0.6 is 0 Å². The van der Waals surface area contributed by atoms with Gasteiger partial charge in [0, 0.05) is 29.7 Å². The minimum atomic E-state index is -0.231. The maximum Gasteiger partial charge on any atom is 0.270 e. The van der Waals surface area contributed by atoms with Gasteiger partial charge in [-0.2, -0.15) is 0 Å². The van der Waals surface area contributed by atoms with E-state index in [1.165, 1.54) is 5.56 Å². The van der Waals surface area contributed by atoms with Gasteiger partial charge in [-0.3, -0.25) is 9.78 Å². The molecule has 0 saturated heterocycles. The lowest BCUT2D eigenvalue weighted by Crippen LogP contribution is -2.24. The topological polar surface area (TPSA) is 63.2 Å². The van der Waals surface area contributed by atoms with Gasteiger partial charge in [0.2, 0.25) is 0 Å². The molecule has 0 spiro atoms. The van der Waals surface area contributed by atoms with E-state index in [-0.39, 0.29) is 5.91 Å². The molecule has 138 valence electrons. The van der Waals surface area contributed by atoms with Crippen LogP contribution in [0.3, 0.4) is 0 Å². The van der Waals surface area contributed by atoms with Crippen LogP contribution in [0.25, 0.3) is 0 Å². The number of ether oxygens (including phenoxy) is 1. The Kier molecular flexibility index (Phi) is 5.71. The molecule has 5 nitrogen and oxygen atoms in total. The number of carbonyl (C=O) groups is 1. The van der Waals surface area contributed by atoms with Crippen molar-refractivity contribution < 1.29 is 9.53 Å². The summed E-state index contributed by atoms with van der Waals surface area (Å²) >= 11 is 0. The molecule has 0 aliphatic heterocycles. The molecule has 2 N–H and O–H groups in total. The predicted octanol–water partition coefficient (Wildman–Crippen LogP) is 4.38. The lowest BCUT2D eigenvalue weighted by atomic mass is 10.1. The Morgan fingerprint density at radius 3 is 2.67 bits per heavy atom.